The van der Waals surface area contributed by atoms with Crippen LogP contribution in [-0.2, 0) is 4.65 Å². The quantitative estimate of drug-likeness (QED) is 0.553. The van der Waals surface area contributed by atoms with Gasteiger partial charge in [0.1, 0.15) is 0 Å². The Hall–Kier alpha value is -0.535. The molecule has 0 aromatic heterocycles. The maximum Gasteiger partial charge on any atom is 0.491 e. The van der Waals surface area contributed by atoms with Gasteiger partial charge < -0.3 is 9.68 Å². The van der Waals surface area contributed by atoms with Crippen molar-refractivity contribution in [3.63, 3.8) is 0 Å². The molecule has 0 spiro atoms. The van der Waals surface area contributed by atoms with Crippen LogP contribution in [0.1, 0.15) is 48.0 Å². The molecule has 16 heavy (non-hydrogen) atoms. The van der Waals surface area contributed by atoms with Gasteiger partial charge in [0.2, 0.25) is 0 Å². The minimum atomic E-state index is -0.880. The van der Waals surface area contributed by atoms with Crippen molar-refractivity contribution in [1.82, 2.24) is 0 Å². The molecule has 1 N–H and O–H groups in total. The maximum atomic E-state index is 10.0. The van der Waals surface area contributed by atoms with E-state index in [0.717, 1.165) is 17.5 Å². The number of allylic oxidation sites excluding steroid dienone is 3. The van der Waals surface area contributed by atoms with E-state index in [1.807, 2.05) is 33.8 Å². The van der Waals surface area contributed by atoms with Crippen LogP contribution in [0.15, 0.2) is 23.7 Å². The van der Waals surface area contributed by atoms with Crippen LogP contribution < -0.4 is 0 Å². The average molecular weight is 224 g/mol. The molecule has 0 heterocycles. The molecule has 0 aromatic carbocycles. The summed E-state index contributed by atoms with van der Waals surface area (Å²) in [5, 5.41) is 10.0. The van der Waals surface area contributed by atoms with Gasteiger partial charge in [-0.3, -0.25) is 0 Å². The standard InChI is InChI=1S/C13H25BO2/c1-8-11(5)12(9-2)14(15)16-13(6,7)10(3)4/h9-10,15H,5,8H2,1-4,6-7H3/b12-9+. The zero-order chi connectivity index (χ0) is 12.9. The van der Waals surface area contributed by atoms with Gasteiger partial charge in [-0.15, -0.1) is 0 Å². The van der Waals surface area contributed by atoms with E-state index in [1.54, 1.807) is 0 Å². The molecule has 0 bridgehead atoms. The average Bonchev–Trinajstić information content (AvgIpc) is 2.17. The Morgan fingerprint density at radius 1 is 1.50 bits per heavy atom. The lowest BCUT2D eigenvalue weighted by molar-refractivity contribution is 0.0409. The first-order valence-electron chi connectivity index (χ1n) is 5.96. The summed E-state index contributed by atoms with van der Waals surface area (Å²) in [4.78, 5) is 0. The Labute approximate surface area is 101 Å². The molecule has 0 aromatic rings. The zero-order valence-corrected chi connectivity index (χ0v) is 11.5. The molecule has 0 amide bonds. The van der Waals surface area contributed by atoms with Crippen molar-refractivity contribution >= 4 is 7.12 Å². The molecule has 0 saturated carbocycles. The summed E-state index contributed by atoms with van der Waals surface area (Å²) in [6.45, 7) is 16.0. The lowest BCUT2D eigenvalue weighted by Gasteiger charge is -2.32. The van der Waals surface area contributed by atoms with Crippen molar-refractivity contribution in [3.8, 4) is 0 Å². The molecule has 0 aliphatic rings. The van der Waals surface area contributed by atoms with Gasteiger partial charge in [0.25, 0.3) is 0 Å². The van der Waals surface area contributed by atoms with Crippen LogP contribution in [0, 0.1) is 5.92 Å². The predicted molar refractivity (Wildman–Crippen MR) is 71.2 cm³/mol. The van der Waals surface area contributed by atoms with Crippen LogP contribution in [0.2, 0.25) is 0 Å². The summed E-state index contributed by atoms with van der Waals surface area (Å²) >= 11 is 0. The van der Waals surface area contributed by atoms with Crippen LogP contribution in [0.4, 0.5) is 0 Å². The molecule has 3 heteroatoms. The fourth-order valence-corrected chi connectivity index (χ4v) is 1.21. The first kappa shape index (κ1) is 15.5. The second-order valence-electron chi connectivity index (χ2n) is 4.93. The normalized spacial score (nSPS) is 13.1. The minimum Gasteiger partial charge on any atom is -0.423 e. The van der Waals surface area contributed by atoms with Crippen molar-refractivity contribution in [1.29, 1.82) is 0 Å². The summed E-state index contributed by atoms with van der Waals surface area (Å²) in [6.07, 6.45) is 2.69. The van der Waals surface area contributed by atoms with Crippen molar-refractivity contribution < 1.29 is 9.68 Å². The van der Waals surface area contributed by atoms with E-state index < -0.39 is 7.12 Å². The SMILES string of the molecule is C=C(CC)/C(=C\C)B(O)OC(C)(C)C(C)C. The molecule has 0 unspecified atom stereocenters. The second kappa shape index (κ2) is 6.26. The van der Waals surface area contributed by atoms with Crippen molar-refractivity contribution in [3.05, 3.63) is 23.7 Å². The first-order chi connectivity index (χ1) is 7.26. The van der Waals surface area contributed by atoms with Gasteiger partial charge in [0, 0.05) is 0 Å². The summed E-state index contributed by atoms with van der Waals surface area (Å²) in [5.41, 5.74) is 1.37. The Morgan fingerprint density at radius 2 is 2.00 bits per heavy atom. The van der Waals surface area contributed by atoms with Crippen LogP contribution in [0.3, 0.4) is 0 Å². The maximum absolute atomic E-state index is 10.0. The number of hydrogen-bond donors (Lipinski definition) is 1. The molecule has 2 nitrogen and oxygen atoms in total. The Balaban J connectivity index is 4.68. The van der Waals surface area contributed by atoms with Crippen molar-refractivity contribution in [2.24, 2.45) is 5.92 Å². The van der Waals surface area contributed by atoms with E-state index >= 15 is 0 Å². The van der Waals surface area contributed by atoms with Crippen molar-refractivity contribution in [2.45, 2.75) is 53.6 Å². The molecular formula is C13H25BO2. The van der Waals surface area contributed by atoms with Crippen LogP contribution in [-0.4, -0.2) is 17.7 Å². The van der Waals surface area contributed by atoms with Gasteiger partial charge in [-0.25, -0.2) is 0 Å². The van der Waals surface area contributed by atoms with Gasteiger partial charge in [0.15, 0.2) is 0 Å². The van der Waals surface area contributed by atoms with Crippen LogP contribution >= 0.6 is 0 Å². The molecule has 0 rings (SSSR count). The van der Waals surface area contributed by atoms with Gasteiger partial charge >= 0.3 is 7.12 Å². The summed E-state index contributed by atoms with van der Waals surface area (Å²) in [5.74, 6) is 0.343. The molecule has 0 fully saturated rings. The summed E-state index contributed by atoms with van der Waals surface area (Å²) in [7, 11) is -0.880. The first-order valence-corrected chi connectivity index (χ1v) is 5.96. The highest BCUT2D eigenvalue weighted by Crippen LogP contribution is 2.24. The van der Waals surface area contributed by atoms with E-state index in [4.69, 9.17) is 4.65 Å². The molecule has 0 atom stereocenters. The van der Waals surface area contributed by atoms with E-state index in [-0.39, 0.29) is 5.60 Å². The van der Waals surface area contributed by atoms with Gasteiger partial charge in [-0.1, -0.05) is 39.0 Å². The van der Waals surface area contributed by atoms with Crippen LogP contribution in [0.25, 0.3) is 0 Å². The van der Waals surface area contributed by atoms with E-state index in [2.05, 4.69) is 20.4 Å². The van der Waals surface area contributed by atoms with E-state index in [0.29, 0.717) is 5.92 Å². The van der Waals surface area contributed by atoms with Gasteiger partial charge in [0.05, 0.1) is 5.60 Å². The lowest BCUT2D eigenvalue weighted by Crippen LogP contribution is -2.39. The fourth-order valence-electron chi connectivity index (χ4n) is 1.21. The minimum absolute atomic E-state index is 0.343. The molecule has 92 valence electrons. The van der Waals surface area contributed by atoms with E-state index in [1.165, 1.54) is 0 Å². The number of rotatable bonds is 6. The highest BCUT2D eigenvalue weighted by atomic mass is 16.5. The van der Waals surface area contributed by atoms with Gasteiger partial charge in [-0.05, 0) is 38.6 Å². The summed E-state index contributed by atoms with van der Waals surface area (Å²) < 4.78 is 5.70. The molecule has 0 aliphatic carbocycles. The van der Waals surface area contributed by atoms with Crippen molar-refractivity contribution in [2.75, 3.05) is 0 Å². The molecular weight excluding hydrogens is 199 g/mol. The fraction of sp³-hybridized carbons (Fsp3) is 0.692. The van der Waals surface area contributed by atoms with Gasteiger partial charge in [-0.2, -0.15) is 0 Å². The Bertz CT molecular complexity index is 267. The third-order valence-corrected chi connectivity index (χ3v) is 3.22. The second-order valence-corrected chi connectivity index (χ2v) is 4.93. The zero-order valence-electron chi connectivity index (χ0n) is 11.5. The van der Waals surface area contributed by atoms with Crippen LogP contribution in [0.5, 0.6) is 0 Å². The Kier molecular flexibility index (Phi) is 6.05. The smallest absolute Gasteiger partial charge is 0.423 e. The summed E-state index contributed by atoms with van der Waals surface area (Å²) in [6, 6.07) is 0. The predicted octanol–water partition coefficient (Wildman–Crippen LogP) is 3.37. The third-order valence-electron chi connectivity index (χ3n) is 3.22. The highest BCUT2D eigenvalue weighted by Gasteiger charge is 2.31. The Morgan fingerprint density at radius 3 is 2.31 bits per heavy atom. The number of hydrogen-bond acceptors (Lipinski definition) is 2. The molecule has 0 radical (unpaired) electrons. The molecule has 0 saturated heterocycles. The third kappa shape index (κ3) is 4.15. The largest absolute Gasteiger partial charge is 0.491 e. The molecule has 0 aliphatic heterocycles. The lowest BCUT2D eigenvalue weighted by atomic mass is 9.72. The highest BCUT2D eigenvalue weighted by molar-refractivity contribution is 6.53. The monoisotopic (exact) mass is 224 g/mol. The topological polar surface area (TPSA) is 29.5 Å². The van der Waals surface area contributed by atoms with E-state index in [9.17, 15) is 5.02 Å².